The molecule has 0 aromatic heterocycles. The zero-order valence-corrected chi connectivity index (χ0v) is 13.5. The first-order valence-electron chi connectivity index (χ1n) is 7.16. The Labute approximate surface area is 125 Å². The first kappa shape index (κ1) is 15.0. The minimum Gasteiger partial charge on any atom is -0.369 e. The van der Waals surface area contributed by atoms with Gasteiger partial charge in [0.25, 0.3) is 0 Å². The minimum atomic E-state index is 0.0226. The maximum atomic E-state index is 6.34. The Hall–Kier alpha value is -0.380. The van der Waals surface area contributed by atoms with Crippen molar-refractivity contribution in [3.05, 3.63) is 34.3 Å². The molecule has 0 radical (unpaired) electrons. The lowest BCUT2D eigenvalue weighted by molar-refractivity contribution is -0.0880. The van der Waals surface area contributed by atoms with Crippen molar-refractivity contribution in [2.75, 3.05) is 13.6 Å². The van der Waals surface area contributed by atoms with Crippen LogP contribution < -0.4 is 5.32 Å². The third kappa shape index (κ3) is 4.30. The Kier molecular flexibility index (Phi) is 5.43. The van der Waals surface area contributed by atoms with Gasteiger partial charge in [-0.1, -0.05) is 47.8 Å². The van der Waals surface area contributed by atoms with E-state index < -0.39 is 0 Å². The second kappa shape index (κ2) is 6.87. The molecule has 1 aliphatic rings. The summed E-state index contributed by atoms with van der Waals surface area (Å²) < 4.78 is 7.46. The van der Waals surface area contributed by atoms with Gasteiger partial charge in [0.15, 0.2) is 0 Å². The zero-order chi connectivity index (χ0) is 13.7. The van der Waals surface area contributed by atoms with Crippen molar-refractivity contribution in [3.8, 4) is 0 Å². The Morgan fingerprint density at radius 3 is 3.00 bits per heavy atom. The van der Waals surface area contributed by atoms with E-state index in [4.69, 9.17) is 4.74 Å². The quantitative estimate of drug-likeness (QED) is 0.878. The summed E-state index contributed by atoms with van der Waals surface area (Å²) in [6.07, 6.45) is 4.96. The van der Waals surface area contributed by atoms with Crippen molar-refractivity contribution in [2.24, 2.45) is 5.92 Å². The fourth-order valence-electron chi connectivity index (χ4n) is 3.14. The van der Waals surface area contributed by atoms with Gasteiger partial charge >= 0.3 is 0 Å². The highest BCUT2D eigenvalue weighted by Gasteiger charge is 2.35. The highest BCUT2D eigenvalue weighted by Crippen LogP contribution is 2.35. The zero-order valence-electron chi connectivity index (χ0n) is 11.9. The van der Waals surface area contributed by atoms with Crippen LogP contribution in [0.2, 0.25) is 0 Å². The summed E-state index contributed by atoms with van der Waals surface area (Å²) in [4.78, 5) is 0. The minimum absolute atomic E-state index is 0.0226. The molecule has 1 aromatic carbocycles. The van der Waals surface area contributed by atoms with Crippen LogP contribution >= 0.6 is 15.9 Å². The van der Waals surface area contributed by atoms with Crippen molar-refractivity contribution < 1.29 is 4.74 Å². The van der Waals surface area contributed by atoms with E-state index in [0.717, 1.165) is 16.9 Å². The summed E-state index contributed by atoms with van der Waals surface area (Å²) in [5.41, 5.74) is 1.26. The third-order valence-electron chi connectivity index (χ3n) is 3.98. The first-order valence-corrected chi connectivity index (χ1v) is 7.96. The predicted molar refractivity (Wildman–Crippen MR) is 83.2 cm³/mol. The number of benzene rings is 1. The summed E-state index contributed by atoms with van der Waals surface area (Å²) in [6, 6.07) is 8.38. The van der Waals surface area contributed by atoms with Crippen LogP contribution in [-0.2, 0) is 11.3 Å². The topological polar surface area (TPSA) is 21.3 Å². The molecule has 1 saturated carbocycles. The van der Waals surface area contributed by atoms with Gasteiger partial charge in [-0.2, -0.15) is 0 Å². The van der Waals surface area contributed by atoms with E-state index in [1.54, 1.807) is 0 Å². The molecular weight excluding hydrogens is 302 g/mol. The fraction of sp³-hybridized carbons (Fsp3) is 0.625. The van der Waals surface area contributed by atoms with Gasteiger partial charge in [0.1, 0.15) is 0 Å². The van der Waals surface area contributed by atoms with Crippen LogP contribution in [0.3, 0.4) is 0 Å². The molecule has 1 fully saturated rings. The smallest absolute Gasteiger partial charge is 0.0813 e. The van der Waals surface area contributed by atoms with E-state index in [0.29, 0.717) is 6.61 Å². The number of hydrogen-bond acceptors (Lipinski definition) is 2. The molecule has 1 aromatic rings. The molecule has 0 bridgehead atoms. The van der Waals surface area contributed by atoms with Crippen LogP contribution in [0.15, 0.2) is 28.7 Å². The van der Waals surface area contributed by atoms with Crippen molar-refractivity contribution in [1.82, 2.24) is 5.32 Å². The summed E-state index contributed by atoms with van der Waals surface area (Å²) in [5.74, 6) is 0.768. The van der Waals surface area contributed by atoms with Crippen LogP contribution in [0, 0.1) is 5.92 Å². The molecule has 2 rings (SSSR count). The molecule has 106 valence electrons. The SMILES string of the molecule is CNCC1(OCc2cccc(Br)c2)CCCC(C)C1. The van der Waals surface area contributed by atoms with Crippen molar-refractivity contribution in [1.29, 1.82) is 0 Å². The summed E-state index contributed by atoms with van der Waals surface area (Å²) >= 11 is 3.51. The van der Waals surface area contributed by atoms with Gasteiger partial charge in [0.05, 0.1) is 12.2 Å². The normalized spacial score (nSPS) is 27.4. The number of rotatable bonds is 5. The monoisotopic (exact) mass is 325 g/mol. The van der Waals surface area contributed by atoms with E-state index >= 15 is 0 Å². The second-order valence-electron chi connectivity index (χ2n) is 5.83. The maximum Gasteiger partial charge on any atom is 0.0813 e. The molecule has 1 aliphatic carbocycles. The largest absolute Gasteiger partial charge is 0.369 e. The Morgan fingerprint density at radius 2 is 2.32 bits per heavy atom. The number of hydrogen-bond donors (Lipinski definition) is 1. The van der Waals surface area contributed by atoms with Gasteiger partial charge in [-0.15, -0.1) is 0 Å². The molecule has 3 heteroatoms. The lowest BCUT2D eigenvalue weighted by Crippen LogP contribution is -2.45. The van der Waals surface area contributed by atoms with Crippen molar-refractivity contribution in [3.63, 3.8) is 0 Å². The number of nitrogens with one attached hydrogen (secondary N) is 1. The van der Waals surface area contributed by atoms with E-state index in [1.807, 2.05) is 7.05 Å². The average Bonchev–Trinajstić information content (AvgIpc) is 2.37. The summed E-state index contributed by atoms with van der Waals surface area (Å²) in [5, 5.41) is 3.31. The first-order chi connectivity index (χ1) is 9.13. The Balaban J connectivity index is 2.00. The maximum absolute atomic E-state index is 6.34. The van der Waals surface area contributed by atoms with Crippen molar-refractivity contribution >= 4 is 15.9 Å². The highest BCUT2D eigenvalue weighted by molar-refractivity contribution is 9.10. The molecule has 0 spiro atoms. The number of likely N-dealkylation sites (N-methyl/N-ethyl adjacent to an activating group) is 1. The molecule has 2 nitrogen and oxygen atoms in total. The summed E-state index contributed by atoms with van der Waals surface area (Å²) in [6.45, 7) is 3.99. The molecule has 19 heavy (non-hydrogen) atoms. The van der Waals surface area contributed by atoms with Crippen LogP contribution in [-0.4, -0.2) is 19.2 Å². The molecule has 0 heterocycles. The molecule has 2 atom stereocenters. The predicted octanol–water partition coefficient (Wildman–Crippen LogP) is 4.13. The third-order valence-corrected chi connectivity index (χ3v) is 4.48. The lowest BCUT2D eigenvalue weighted by atomic mass is 9.78. The lowest BCUT2D eigenvalue weighted by Gasteiger charge is -2.40. The molecule has 0 amide bonds. The van der Waals surface area contributed by atoms with E-state index in [1.165, 1.54) is 31.2 Å². The van der Waals surface area contributed by atoms with E-state index in [9.17, 15) is 0 Å². The van der Waals surface area contributed by atoms with E-state index in [-0.39, 0.29) is 5.60 Å². The van der Waals surface area contributed by atoms with Gasteiger partial charge < -0.3 is 10.1 Å². The highest BCUT2D eigenvalue weighted by atomic mass is 79.9. The molecular formula is C16H24BrNO. The molecule has 1 N–H and O–H groups in total. The van der Waals surface area contributed by atoms with Gasteiger partial charge in [0, 0.05) is 11.0 Å². The summed E-state index contributed by atoms with van der Waals surface area (Å²) in [7, 11) is 2.02. The van der Waals surface area contributed by atoms with Crippen LogP contribution in [0.25, 0.3) is 0 Å². The van der Waals surface area contributed by atoms with Gasteiger partial charge in [-0.05, 0) is 43.5 Å². The molecule has 2 unspecified atom stereocenters. The van der Waals surface area contributed by atoms with Gasteiger partial charge in [0.2, 0.25) is 0 Å². The van der Waals surface area contributed by atoms with E-state index in [2.05, 4.69) is 52.4 Å². The Morgan fingerprint density at radius 1 is 1.47 bits per heavy atom. The molecule has 0 saturated heterocycles. The van der Waals surface area contributed by atoms with Crippen LogP contribution in [0.4, 0.5) is 0 Å². The fourth-order valence-corrected chi connectivity index (χ4v) is 3.59. The molecule has 0 aliphatic heterocycles. The Bertz CT molecular complexity index is 405. The van der Waals surface area contributed by atoms with Gasteiger partial charge in [-0.3, -0.25) is 0 Å². The van der Waals surface area contributed by atoms with Crippen molar-refractivity contribution in [2.45, 2.75) is 44.8 Å². The number of halogens is 1. The van der Waals surface area contributed by atoms with Gasteiger partial charge in [-0.25, -0.2) is 0 Å². The standard InChI is InChI=1S/C16H24BrNO/c1-13-5-4-8-16(10-13,12-18-2)19-11-14-6-3-7-15(17)9-14/h3,6-7,9,13,18H,4-5,8,10-12H2,1-2H3. The average molecular weight is 326 g/mol. The van der Waals surface area contributed by atoms with Crippen LogP contribution in [0.1, 0.15) is 38.2 Å². The van der Waals surface area contributed by atoms with Crippen LogP contribution in [0.5, 0.6) is 0 Å². The second-order valence-corrected chi connectivity index (χ2v) is 6.75. The number of ether oxygens (including phenoxy) is 1.